The number of aromatic nitrogens is 3. The molecule has 2 aromatic heterocycles. The van der Waals surface area contributed by atoms with Gasteiger partial charge in [0.25, 0.3) is 5.91 Å². The number of pyridine rings is 1. The second-order valence-electron chi connectivity index (χ2n) is 8.04. The Morgan fingerprint density at radius 1 is 0.970 bits per heavy atom. The Bertz CT molecular complexity index is 1470. The van der Waals surface area contributed by atoms with Crippen molar-refractivity contribution in [1.29, 1.82) is 0 Å². The lowest BCUT2D eigenvalue weighted by molar-refractivity contribution is 0.0950. The zero-order valence-corrected chi connectivity index (χ0v) is 18.6. The van der Waals surface area contributed by atoms with Crippen molar-refractivity contribution in [2.75, 3.05) is 7.11 Å². The Morgan fingerprint density at radius 2 is 1.82 bits per heavy atom. The van der Waals surface area contributed by atoms with Gasteiger partial charge in [-0.15, -0.1) is 0 Å². The summed E-state index contributed by atoms with van der Waals surface area (Å²) in [5.74, 6) is 0.610. The second-order valence-corrected chi connectivity index (χ2v) is 8.04. The zero-order valence-electron chi connectivity index (χ0n) is 18.6. The fourth-order valence-corrected chi connectivity index (χ4v) is 4.05. The SMILES string of the molecule is COc1ccc2cc(C(=O)NCc3cccc(Cn4cnc5ccccc54)c3)c(C)nc2c1. The molecule has 0 spiro atoms. The first kappa shape index (κ1) is 20.7. The number of hydrogen-bond donors (Lipinski definition) is 1. The van der Waals surface area contributed by atoms with Crippen molar-refractivity contribution < 1.29 is 9.53 Å². The smallest absolute Gasteiger partial charge is 0.253 e. The number of aryl methyl sites for hydroxylation is 1. The van der Waals surface area contributed by atoms with Gasteiger partial charge in [0.1, 0.15) is 5.75 Å². The van der Waals surface area contributed by atoms with Gasteiger partial charge >= 0.3 is 0 Å². The van der Waals surface area contributed by atoms with Gasteiger partial charge in [0.15, 0.2) is 0 Å². The van der Waals surface area contributed by atoms with E-state index < -0.39 is 0 Å². The van der Waals surface area contributed by atoms with Gasteiger partial charge in [-0.05, 0) is 48.4 Å². The highest BCUT2D eigenvalue weighted by Crippen LogP contribution is 2.22. The minimum atomic E-state index is -0.135. The third kappa shape index (κ3) is 4.28. The van der Waals surface area contributed by atoms with Crippen LogP contribution in [0, 0.1) is 6.92 Å². The van der Waals surface area contributed by atoms with Crippen molar-refractivity contribution in [3.63, 3.8) is 0 Å². The number of hydrogen-bond acceptors (Lipinski definition) is 4. The molecule has 0 fully saturated rings. The number of carbonyl (C=O) groups is 1. The number of benzene rings is 3. The molecule has 0 unspecified atom stereocenters. The lowest BCUT2D eigenvalue weighted by atomic mass is 10.1. The minimum absolute atomic E-state index is 0.135. The molecule has 1 amide bonds. The van der Waals surface area contributed by atoms with E-state index in [1.54, 1.807) is 7.11 Å². The number of rotatable bonds is 6. The van der Waals surface area contributed by atoms with Crippen LogP contribution in [0.5, 0.6) is 5.75 Å². The highest BCUT2D eigenvalue weighted by Gasteiger charge is 2.12. The van der Waals surface area contributed by atoms with Gasteiger partial charge in [-0.1, -0.05) is 36.4 Å². The van der Waals surface area contributed by atoms with Gasteiger partial charge in [0.2, 0.25) is 0 Å². The average Bonchev–Trinajstić information content (AvgIpc) is 3.24. The highest BCUT2D eigenvalue weighted by atomic mass is 16.5. The van der Waals surface area contributed by atoms with E-state index >= 15 is 0 Å². The summed E-state index contributed by atoms with van der Waals surface area (Å²) in [7, 11) is 1.63. The number of amides is 1. The van der Waals surface area contributed by atoms with Crippen LogP contribution in [0.25, 0.3) is 21.9 Å². The predicted molar refractivity (Wildman–Crippen MR) is 129 cm³/mol. The molecule has 33 heavy (non-hydrogen) atoms. The topological polar surface area (TPSA) is 69.0 Å². The Balaban J connectivity index is 1.30. The van der Waals surface area contributed by atoms with E-state index in [0.717, 1.165) is 45.4 Å². The molecule has 0 bridgehead atoms. The first-order chi connectivity index (χ1) is 16.1. The highest BCUT2D eigenvalue weighted by molar-refractivity contribution is 5.98. The van der Waals surface area contributed by atoms with Gasteiger partial charge in [0.05, 0.1) is 41.2 Å². The van der Waals surface area contributed by atoms with E-state index in [1.165, 1.54) is 0 Å². The predicted octanol–water partition coefficient (Wildman–Crippen LogP) is 4.88. The fraction of sp³-hybridized carbons (Fsp3) is 0.148. The number of methoxy groups -OCH3 is 1. The number of ether oxygens (including phenoxy) is 1. The van der Waals surface area contributed by atoms with E-state index in [9.17, 15) is 4.79 Å². The molecular formula is C27H24N4O2. The monoisotopic (exact) mass is 436 g/mol. The van der Waals surface area contributed by atoms with E-state index in [2.05, 4.69) is 38.1 Å². The van der Waals surface area contributed by atoms with Crippen LogP contribution in [0.3, 0.4) is 0 Å². The van der Waals surface area contributed by atoms with Crippen molar-refractivity contribution in [2.45, 2.75) is 20.0 Å². The lowest BCUT2D eigenvalue weighted by Gasteiger charge is -2.11. The van der Waals surface area contributed by atoms with Crippen molar-refractivity contribution in [3.05, 3.63) is 102 Å². The summed E-state index contributed by atoms with van der Waals surface area (Å²) in [6.45, 7) is 3.01. The summed E-state index contributed by atoms with van der Waals surface area (Å²) in [6.07, 6.45) is 1.87. The van der Waals surface area contributed by atoms with Crippen LogP contribution < -0.4 is 10.1 Å². The summed E-state index contributed by atoms with van der Waals surface area (Å²) in [5, 5.41) is 3.94. The first-order valence-electron chi connectivity index (χ1n) is 10.8. The van der Waals surface area contributed by atoms with E-state index in [0.29, 0.717) is 17.8 Å². The van der Waals surface area contributed by atoms with Gasteiger partial charge in [0, 0.05) is 24.5 Å². The maximum Gasteiger partial charge on any atom is 0.253 e. The first-order valence-corrected chi connectivity index (χ1v) is 10.8. The van der Waals surface area contributed by atoms with Crippen LogP contribution in [0.4, 0.5) is 0 Å². The standard InChI is InChI=1S/C27H24N4O2/c1-18-23(13-21-10-11-22(33-2)14-25(21)30-18)27(32)28-15-19-6-5-7-20(12-19)16-31-17-29-24-8-3-4-9-26(24)31/h3-14,17H,15-16H2,1-2H3,(H,28,32). The molecule has 164 valence electrons. The fourth-order valence-electron chi connectivity index (χ4n) is 4.05. The van der Waals surface area contributed by atoms with Gasteiger partial charge < -0.3 is 14.6 Å². The van der Waals surface area contributed by atoms with E-state index in [-0.39, 0.29) is 5.91 Å². The number of nitrogens with one attached hydrogen (secondary N) is 1. The van der Waals surface area contributed by atoms with Crippen LogP contribution in [0.15, 0.2) is 79.1 Å². The molecule has 1 N–H and O–H groups in total. The largest absolute Gasteiger partial charge is 0.497 e. The summed E-state index contributed by atoms with van der Waals surface area (Å²) in [4.78, 5) is 22.0. The maximum atomic E-state index is 12.9. The number of carbonyl (C=O) groups excluding carboxylic acids is 1. The van der Waals surface area contributed by atoms with Gasteiger partial charge in [-0.25, -0.2) is 4.98 Å². The molecule has 5 aromatic rings. The third-order valence-electron chi connectivity index (χ3n) is 5.78. The lowest BCUT2D eigenvalue weighted by Crippen LogP contribution is -2.24. The molecule has 5 rings (SSSR count). The Labute approximate surface area is 191 Å². The molecule has 0 aliphatic rings. The number of fused-ring (bicyclic) bond motifs is 2. The molecule has 2 heterocycles. The average molecular weight is 437 g/mol. The van der Waals surface area contributed by atoms with Crippen molar-refractivity contribution in [2.24, 2.45) is 0 Å². The van der Waals surface area contributed by atoms with Crippen LogP contribution >= 0.6 is 0 Å². The molecule has 0 saturated heterocycles. The zero-order chi connectivity index (χ0) is 22.8. The summed E-state index contributed by atoms with van der Waals surface area (Å²) in [6, 6.07) is 23.9. The summed E-state index contributed by atoms with van der Waals surface area (Å²) >= 11 is 0. The van der Waals surface area contributed by atoms with Crippen LogP contribution in [0.1, 0.15) is 27.2 Å². The normalized spacial score (nSPS) is 11.1. The second kappa shape index (κ2) is 8.74. The Morgan fingerprint density at radius 3 is 2.70 bits per heavy atom. The molecular weight excluding hydrogens is 412 g/mol. The van der Waals surface area contributed by atoms with Crippen LogP contribution in [-0.4, -0.2) is 27.6 Å². The van der Waals surface area contributed by atoms with Gasteiger partial charge in [-0.2, -0.15) is 0 Å². The third-order valence-corrected chi connectivity index (χ3v) is 5.78. The molecule has 0 saturated carbocycles. The number of imidazole rings is 1. The minimum Gasteiger partial charge on any atom is -0.497 e. The Kier molecular flexibility index (Phi) is 5.48. The summed E-state index contributed by atoms with van der Waals surface area (Å²) in [5.41, 5.74) is 6.36. The van der Waals surface area contributed by atoms with Crippen molar-refractivity contribution in [3.8, 4) is 5.75 Å². The van der Waals surface area contributed by atoms with Gasteiger partial charge in [-0.3, -0.25) is 9.78 Å². The number of nitrogens with zero attached hydrogens (tertiary/aromatic N) is 3. The van der Waals surface area contributed by atoms with Crippen molar-refractivity contribution >= 4 is 27.8 Å². The summed E-state index contributed by atoms with van der Waals surface area (Å²) < 4.78 is 7.40. The van der Waals surface area contributed by atoms with E-state index in [4.69, 9.17) is 4.74 Å². The Hall–Kier alpha value is -4.19. The van der Waals surface area contributed by atoms with Crippen LogP contribution in [0.2, 0.25) is 0 Å². The van der Waals surface area contributed by atoms with Crippen molar-refractivity contribution in [1.82, 2.24) is 19.9 Å². The van der Waals surface area contributed by atoms with E-state index in [1.807, 2.05) is 67.8 Å². The molecule has 0 radical (unpaired) electrons. The number of para-hydroxylation sites is 2. The molecule has 0 aliphatic heterocycles. The molecule has 6 nitrogen and oxygen atoms in total. The molecule has 3 aromatic carbocycles. The van der Waals surface area contributed by atoms with Crippen LogP contribution in [-0.2, 0) is 13.1 Å². The molecule has 0 aliphatic carbocycles. The quantitative estimate of drug-likeness (QED) is 0.412. The maximum absolute atomic E-state index is 12.9. The molecule has 0 atom stereocenters. The molecule has 6 heteroatoms.